The van der Waals surface area contributed by atoms with Gasteiger partial charge in [-0.3, -0.25) is 4.79 Å². The van der Waals surface area contributed by atoms with Crippen LogP contribution < -0.4 is 5.32 Å². The van der Waals surface area contributed by atoms with E-state index in [1.54, 1.807) is 0 Å². The molecule has 0 rings (SSSR count). The van der Waals surface area contributed by atoms with Crippen LogP contribution in [0.25, 0.3) is 0 Å². The molecule has 0 aliphatic rings. The summed E-state index contributed by atoms with van der Waals surface area (Å²) < 4.78 is 0. The van der Waals surface area contributed by atoms with Gasteiger partial charge in [-0.2, -0.15) is 0 Å². The van der Waals surface area contributed by atoms with Gasteiger partial charge in [0.1, 0.15) is 0 Å². The van der Waals surface area contributed by atoms with Gasteiger partial charge in [0.25, 0.3) is 0 Å². The van der Waals surface area contributed by atoms with Crippen LogP contribution >= 0.6 is 15.9 Å². The smallest absolute Gasteiger partial charge is 0.222 e. The van der Waals surface area contributed by atoms with Crippen LogP contribution in [0.15, 0.2) is 0 Å². The summed E-state index contributed by atoms with van der Waals surface area (Å²) in [6.07, 6.45) is 2.26. The van der Waals surface area contributed by atoms with E-state index >= 15 is 0 Å². The highest BCUT2D eigenvalue weighted by atomic mass is 79.9. The Balaban J connectivity index is 3.65. The van der Waals surface area contributed by atoms with Gasteiger partial charge in [0, 0.05) is 17.8 Å². The minimum atomic E-state index is 0.0986. The molecule has 0 aliphatic heterocycles. The quantitative estimate of drug-likeness (QED) is 0.721. The summed E-state index contributed by atoms with van der Waals surface area (Å²) in [4.78, 5) is 11.2. The Morgan fingerprint density at radius 3 is 2.46 bits per heavy atom. The lowest BCUT2D eigenvalue weighted by Crippen LogP contribution is -2.32. The molecular formula is C10H20BrNO. The number of alkyl halides is 1. The first-order valence-corrected chi connectivity index (χ1v) is 6.07. The predicted molar refractivity (Wildman–Crippen MR) is 60.0 cm³/mol. The van der Waals surface area contributed by atoms with E-state index in [0.29, 0.717) is 5.92 Å². The molecule has 0 radical (unpaired) electrons. The van der Waals surface area contributed by atoms with Crippen LogP contribution in [0.2, 0.25) is 0 Å². The SMILES string of the molecule is CCC(CCBr)CNC(=O)C(C)C. The molecule has 13 heavy (non-hydrogen) atoms. The van der Waals surface area contributed by atoms with E-state index < -0.39 is 0 Å². The van der Waals surface area contributed by atoms with Crippen LogP contribution in [0.3, 0.4) is 0 Å². The second-order valence-electron chi connectivity index (χ2n) is 3.65. The van der Waals surface area contributed by atoms with Crippen molar-refractivity contribution in [3.05, 3.63) is 0 Å². The average molecular weight is 250 g/mol. The molecule has 0 aromatic heterocycles. The third-order valence-corrected chi connectivity index (χ3v) is 2.64. The van der Waals surface area contributed by atoms with Crippen LogP contribution in [0.5, 0.6) is 0 Å². The normalized spacial score (nSPS) is 13.0. The van der Waals surface area contributed by atoms with Crippen LogP contribution in [0, 0.1) is 11.8 Å². The molecule has 0 aromatic carbocycles. The Morgan fingerprint density at radius 2 is 2.08 bits per heavy atom. The Hall–Kier alpha value is -0.0500. The van der Waals surface area contributed by atoms with Gasteiger partial charge in [-0.25, -0.2) is 0 Å². The van der Waals surface area contributed by atoms with Gasteiger partial charge in [-0.05, 0) is 12.3 Å². The fraction of sp³-hybridized carbons (Fsp3) is 0.900. The Labute approximate surface area is 89.6 Å². The molecule has 0 bridgehead atoms. The van der Waals surface area contributed by atoms with E-state index in [0.717, 1.165) is 24.7 Å². The van der Waals surface area contributed by atoms with Crippen molar-refractivity contribution >= 4 is 21.8 Å². The zero-order valence-electron chi connectivity index (χ0n) is 8.77. The van der Waals surface area contributed by atoms with E-state index in [4.69, 9.17) is 0 Å². The van der Waals surface area contributed by atoms with Gasteiger partial charge < -0.3 is 5.32 Å². The number of nitrogens with one attached hydrogen (secondary N) is 1. The molecule has 2 nitrogen and oxygen atoms in total. The average Bonchev–Trinajstić information content (AvgIpc) is 2.11. The molecule has 0 aliphatic carbocycles. The maximum Gasteiger partial charge on any atom is 0.222 e. The highest BCUT2D eigenvalue weighted by Gasteiger charge is 2.09. The largest absolute Gasteiger partial charge is 0.356 e. The number of rotatable bonds is 6. The molecule has 1 unspecified atom stereocenters. The minimum Gasteiger partial charge on any atom is -0.356 e. The second kappa shape index (κ2) is 7.36. The lowest BCUT2D eigenvalue weighted by molar-refractivity contribution is -0.124. The van der Waals surface area contributed by atoms with E-state index in [1.165, 1.54) is 0 Å². The van der Waals surface area contributed by atoms with Crippen LogP contribution in [0.4, 0.5) is 0 Å². The molecule has 0 aromatic rings. The highest BCUT2D eigenvalue weighted by Crippen LogP contribution is 2.08. The number of halogens is 1. The Morgan fingerprint density at radius 1 is 1.46 bits per heavy atom. The lowest BCUT2D eigenvalue weighted by Gasteiger charge is -2.15. The van der Waals surface area contributed by atoms with Crippen molar-refractivity contribution in [2.45, 2.75) is 33.6 Å². The highest BCUT2D eigenvalue weighted by molar-refractivity contribution is 9.09. The number of hydrogen-bond donors (Lipinski definition) is 1. The molecule has 0 saturated heterocycles. The summed E-state index contributed by atoms with van der Waals surface area (Å²) in [5, 5.41) is 3.98. The third-order valence-electron chi connectivity index (χ3n) is 2.18. The van der Waals surface area contributed by atoms with Crippen molar-refractivity contribution in [2.75, 3.05) is 11.9 Å². The summed E-state index contributed by atoms with van der Waals surface area (Å²) in [6, 6.07) is 0. The van der Waals surface area contributed by atoms with Gasteiger partial charge >= 0.3 is 0 Å². The summed E-state index contributed by atoms with van der Waals surface area (Å²) in [7, 11) is 0. The molecular weight excluding hydrogens is 230 g/mol. The Bertz CT molecular complexity index is 148. The summed E-state index contributed by atoms with van der Waals surface area (Å²) in [5.74, 6) is 0.872. The summed E-state index contributed by atoms with van der Waals surface area (Å²) in [6.45, 7) is 6.81. The van der Waals surface area contributed by atoms with Gasteiger partial charge in [0.15, 0.2) is 0 Å². The number of carbonyl (C=O) groups excluding carboxylic acids is 1. The van der Waals surface area contributed by atoms with E-state index in [1.807, 2.05) is 13.8 Å². The zero-order valence-corrected chi connectivity index (χ0v) is 10.4. The van der Waals surface area contributed by atoms with Gasteiger partial charge in [-0.1, -0.05) is 43.1 Å². The van der Waals surface area contributed by atoms with Gasteiger partial charge in [-0.15, -0.1) is 0 Å². The molecule has 0 saturated carbocycles. The van der Waals surface area contributed by atoms with Crippen molar-refractivity contribution in [3.63, 3.8) is 0 Å². The van der Waals surface area contributed by atoms with Crippen molar-refractivity contribution in [2.24, 2.45) is 11.8 Å². The van der Waals surface area contributed by atoms with E-state index in [9.17, 15) is 4.79 Å². The molecule has 0 fully saturated rings. The fourth-order valence-corrected chi connectivity index (χ4v) is 1.70. The van der Waals surface area contributed by atoms with E-state index in [-0.39, 0.29) is 11.8 Å². The van der Waals surface area contributed by atoms with Gasteiger partial charge in [0.2, 0.25) is 5.91 Å². The van der Waals surface area contributed by atoms with Crippen LogP contribution in [-0.2, 0) is 4.79 Å². The number of hydrogen-bond acceptors (Lipinski definition) is 1. The molecule has 0 spiro atoms. The summed E-state index contributed by atoms with van der Waals surface area (Å²) >= 11 is 3.41. The standard InChI is InChI=1S/C10H20BrNO/c1-4-9(5-6-11)7-12-10(13)8(2)3/h8-9H,4-7H2,1-3H3,(H,12,13). The molecule has 1 amide bonds. The molecule has 1 atom stereocenters. The van der Waals surface area contributed by atoms with Gasteiger partial charge in [0.05, 0.1) is 0 Å². The molecule has 78 valence electrons. The second-order valence-corrected chi connectivity index (χ2v) is 4.44. The molecule has 0 heterocycles. The van der Waals surface area contributed by atoms with Crippen LogP contribution in [-0.4, -0.2) is 17.8 Å². The third kappa shape index (κ3) is 6.08. The first-order chi connectivity index (χ1) is 6.11. The lowest BCUT2D eigenvalue weighted by atomic mass is 10.0. The minimum absolute atomic E-state index is 0.0986. The maximum absolute atomic E-state index is 11.2. The monoisotopic (exact) mass is 249 g/mol. The first-order valence-electron chi connectivity index (χ1n) is 4.95. The fourth-order valence-electron chi connectivity index (χ4n) is 1.05. The number of carbonyl (C=O) groups is 1. The molecule has 3 heteroatoms. The predicted octanol–water partition coefficient (Wildman–Crippen LogP) is 2.57. The van der Waals surface area contributed by atoms with Crippen molar-refractivity contribution in [3.8, 4) is 0 Å². The topological polar surface area (TPSA) is 29.1 Å². The summed E-state index contributed by atoms with van der Waals surface area (Å²) in [5.41, 5.74) is 0. The van der Waals surface area contributed by atoms with Crippen molar-refractivity contribution in [1.82, 2.24) is 5.32 Å². The maximum atomic E-state index is 11.2. The van der Waals surface area contributed by atoms with Crippen molar-refractivity contribution < 1.29 is 4.79 Å². The van der Waals surface area contributed by atoms with Crippen LogP contribution in [0.1, 0.15) is 33.6 Å². The molecule has 1 N–H and O–H groups in total. The van der Waals surface area contributed by atoms with Crippen molar-refractivity contribution in [1.29, 1.82) is 0 Å². The zero-order chi connectivity index (χ0) is 10.3. The first kappa shape index (κ1) is 12.9. The Kier molecular flexibility index (Phi) is 7.33. The van der Waals surface area contributed by atoms with E-state index in [2.05, 4.69) is 28.2 Å². The number of amides is 1.